The van der Waals surface area contributed by atoms with Gasteiger partial charge in [-0.15, -0.1) is 0 Å². The standard InChI is InChI=1S/C17H24N2O3/c1-3-6-15-7-5-8-16(20)19(15)18-14-11-9-13(10-12-14)17(21)22-4-2/h9-12,15,18H,3-8H2,1-2H3. The first kappa shape index (κ1) is 16.3. The highest BCUT2D eigenvalue weighted by atomic mass is 16.5. The molecule has 0 saturated carbocycles. The van der Waals surface area contributed by atoms with Gasteiger partial charge in [0.25, 0.3) is 0 Å². The Balaban J connectivity index is 2.04. The van der Waals surface area contributed by atoms with E-state index < -0.39 is 0 Å². The topological polar surface area (TPSA) is 58.6 Å². The molecular weight excluding hydrogens is 280 g/mol. The van der Waals surface area contributed by atoms with E-state index in [-0.39, 0.29) is 17.9 Å². The number of amides is 1. The Kier molecular flexibility index (Phi) is 5.81. The highest BCUT2D eigenvalue weighted by molar-refractivity contribution is 5.89. The van der Waals surface area contributed by atoms with Crippen molar-refractivity contribution in [1.82, 2.24) is 5.01 Å². The Morgan fingerprint density at radius 1 is 1.32 bits per heavy atom. The molecule has 1 aliphatic rings. The maximum atomic E-state index is 12.1. The van der Waals surface area contributed by atoms with Gasteiger partial charge in [0, 0.05) is 6.42 Å². The van der Waals surface area contributed by atoms with Crippen LogP contribution in [0.25, 0.3) is 0 Å². The number of piperidine rings is 1. The lowest BCUT2D eigenvalue weighted by Gasteiger charge is -2.36. The van der Waals surface area contributed by atoms with Crippen molar-refractivity contribution in [2.75, 3.05) is 12.0 Å². The van der Waals surface area contributed by atoms with Crippen LogP contribution in [0.2, 0.25) is 0 Å². The van der Waals surface area contributed by atoms with E-state index in [1.807, 2.05) is 0 Å². The van der Waals surface area contributed by atoms with Crippen LogP contribution in [-0.2, 0) is 9.53 Å². The molecule has 5 heteroatoms. The van der Waals surface area contributed by atoms with E-state index >= 15 is 0 Å². The molecule has 0 aliphatic carbocycles. The van der Waals surface area contributed by atoms with Crippen molar-refractivity contribution in [2.45, 2.75) is 52.0 Å². The summed E-state index contributed by atoms with van der Waals surface area (Å²) in [6.45, 7) is 4.27. The van der Waals surface area contributed by atoms with Crippen LogP contribution in [0.5, 0.6) is 0 Å². The molecule has 0 bridgehead atoms. The molecule has 1 fully saturated rings. The van der Waals surface area contributed by atoms with Crippen molar-refractivity contribution in [2.24, 2.45) is 0 Å². The minimum absolute atomic E-state index is 0.138. The van der Waals surface area contributed by atoms with Gasteiger partial charge in [0.2, 0.25) is 5.91 Å². The largest absolute Gasteiger partial charge is 0.462 e. The van der Waals surface area contributed by atoms with Crippen molar-refractivity contribution in [3.8, 4) is 0 Å². The summed E-state index contributed by atoms with van der Waals surface area (Å²) in [5, 5.41) is 1.76. The van der Waals surface area contributed by atoms with Crippen LogP contribution in [0.1, 0.15) is 56.3 Å². The SMILES string of the molecule is CCCC1CCCC(=O)N1Nc1ccc(C(=O)OCC)cc1. The van der Waals surface area contributed by atoms with Crippen LogP contribution in [0.3, 0.4) is 0 Å². The minimum Gasteiger partial charge on any atom is -0.462 e. The summed E-state index contributed by atoms with van der Waals surface area (Å²) in [4.78, 5) is 23.8. The fraction of sp³-hybridized carbons (Fsp3) is 0.529. The average Bonchev–Trinajstić information content (AvgIpc) is 2.52. The molecule has 1 aromatic carbocycles. The van der Waals surface area contributed by atoms with Gasteiger partial charge in [-0.25, -0.2) is 4.79 Å². The molecule has 5 nitrogen and oxygen atoms in total. The Labute approximate surface area is 131 Å². The first-order valence-corrected chi connectivity index (χ1v) is 8.01. The number of carbonyl (C=O) groups excluding carboxylic acids is 2. The molecule has 0 spiro atoms. The average molecular weight is 304 g/mol. The van der Waals surface area contributed by atoms with Gasteiger partial charge in [0.15, 0.2) is 0 Å². The van der Waals surface area contributed by atoms with Gasteiger partial charge in [-0.2, -0.15) is 0 Å². The number of hydrogen-bond donors (Lipinski definition) is 1. The summed E-state index contributed by atoms with van der Waals surface area (Å²) in [6.07, 6.45) is 4.64. The second-order valence-corrected chi connectivity index (χ2v) is 5.51. The summed E-state index contributed by atoms with van der Waals surface area (Å²) >= 11 is 0. The van der Waals surface area contributed by atoms with E-state index in [1.165, 1.54) is 0 Å². The van der Waals surface area contributed by atoms with E-state index in [0.29, 0.717) is 18.6 Å². The predicted molar refractivity (Wildman–Crippen MR) is 85.4 cm³/mol. The first-order chi connectivity index (χ1) is 10.7. The zero-order chi connectivity index (χ0) is 15.9. The molecule has 2 rings (SSSR count). The number of esters is 1. The Bertz CT molecular complexity index is 511. The molecule has 0 radical (unpaired) electrons. The number of rotatable bonds is 6. The Morgan fingerprint density at radius 3 is 2.68 bits per heavy atom. The van der Waals surface area contributed by atoms with E-state index in [9.17, 15) is 9.59 Å². The lowest BCUT2D eigenvalue weighted by molar-refractivity contribution is -0.134. The number of nitrogens with one attached hydrogen (secondary N) is 1. The van der Waals surface area contributed by atoms with Gasteiger partial charge in [-0.05, 0) is 50.5 Å². The molecule has 0 aromatic heterocycles. The maximum absolute atomic E-state index is 12.1. The maximum Gasteiger partial charge on any atom is 0.338 e. The van der Waals surface area contributed by atoms with Gasteiger partial charge in [0.05, 0.1) is 23.9 Å². The zero-order valence-electron chi connectivity index (χ0n) is 13.3. The van der Waals surface area contributed by atoms with E-state index in [1.54, 1.807) is 36.2 Å². The van der Waals surface area contributed by atoms with Crippen LogP contribution in [0.4, 0.5) is 5.69 Å². The molecule has 1 amide bonds. The van der Waals surface area contributed by atoms with Gasteiger partial charge in [-0.3, -0.25) is 15.2 Å². The summed E-state index contributed by atoms with van der Waals surface area (Å²) in [5.74, 6) is -0.189. The molecule has 1 atom stereocenters. The smallest absolute Gasteiger partial charge is 0.338 e. The highest BCUT2D eigenvalue weighted by Gasteiger charge is 2.27. The van der Waals surface area contributed by atoms with Crippen molar-refractivity contribution in [3.05, 3.63) is 29.8 Å². The quantitative estimate of drug-likeness (QED) is 0.819. The van der Waals surface area contributed by atoms with Gasteiger partial charge in [-0.1, -0.05) is 13.3 Å². The Hall–Kier alpha value is -2.04. The van der Waals surface area contributed by atoms with Crippen molar-refractivity contribution in [3.63, 3.8) is 0 Å². The molecule has 1 unspecified atom stereocenters. The molecule has 1 N–H and O–H groups in total. The van der Waals surface area contributed by atoms with Gasteiger partial charge in [0.1, 0.15) is 0 Å². The monoisotopic (exact) mass is 304 g/mol. The summed E-state index contributed by atoms with van der Waals surface area (Å²) in [6, 6.07) is 7.28. The summed E-state index contributed by atoms with van der Waals surface area (Å²) < 4.78 is 4.96. The van der Waals surface area contributed by atoms with E-state index in [4.69, 9.17) is 4.74 Å². The lowest BCUT2D eigenvalue weighted by atomic mass is 9.99. The normalized spacial score (nSPS) is 18.2. The highest BCUT2D eigenvalue weighted by Crippen LogP contribution is 2.23. The van der Waals surface area contributed by atoms with Crippen LogP contribution in [-0.4, -0.2) is 29.5 Å². The number of hydrazine groups is 1. The van der Waals surface area contributed by atoms with E-state index in [2.05, 4.69) is 12.3 Å². The third-order valence-electron chi connectivity index (χ3n) is 3.83. The molecule has 1 aromatic rings. The fourth-order valence-corrected chi connectivity index (χ4v) is 2.74. The summed E-state index contributed by atoms with van der Waals surface area (Å²) in [7, 11) is 0. The molecule has 22 heavy (non-hydrogen) atoms. The fourth-order valence-electron chi connectivity index (χ4n) is 2.74. The molecule has 1 aliphatic heterocycles. The van der Waals surface area contributed by atoms with Crippen LogP contribution < -0.4 is 5.43 Å². The van der Waals surface area contributed by atoms with Crippen LogP contribution >= 0.6 is 0 Å². The van der Waals surface area contributed by atoms with Gasteiger partial charge < -0.3 is 4.74 Å². The number of ether oxygens (including phenoxy) is 1. The second-order valence-electron chi connectivity index (χ2n) is 5.51. The molecular formula is C17H24N2O3. The van der Waals surface area contributed by atoms with Crippen molar-refractivity contribution >= 4 is 17.6 Å². The van der Waals surface area contributed by atoms with Crippen LogP contribution in [0, 0.1) is 0 Å². The van der Waals surface area contributed by atoms with Crippen molar-refractivity contribution in [1.29, 1.82) is 0 Å². The predicted octanol–water partition coefficient (Wildman–Crippen LogP) is 3.37. The zero-order valence-corrected chi connectivity index (χ0v) is 13.3. The Morgan fingerprint density at radius 2 is 2.05 bits per heavy atom. The molecule has 1 heterocycles. The molecule has 120 valence electrons. The number of carbonyl (C=O) groups is 2. The van der Waals surface area contributed by atoms with Crippen LogP contribution in [0.15, 0.2) is 24.3 Å². The third kappa shape index (κ3) is 4.00. The van der Waals surface area contributed by atoms with Gasteiger partial charge >= 0.3 is 5.97 Å². The number of benzene rings is 1. The number of hydrogen-bond acceptors (Lipinski definition) is 4. The van der Waals surface area contributed by atoms with Crippen molar-refractivity contribution < 1.29 is 14.3 Å². The third-order valence-corrected chi connectivity index (χ3v) is 3.83. The summed E-state index contributed by atoms with van der Waals surface area (Å²) in [5.41, 5.74) is 4.52. The molecule has 1 saturated heterocycles. The first-order valence-electron chi connectivity index (χ1n) is 8.01. The number of anilines is 1. The minimum atomic E-state index is -0.327. The second kappa shape index (κ2) is 7.82. The number of nitrogens with zero attached hydrogens (tertiary/aromatic N) is 1. The lowest BCUT2D eigenvalue weighted by Crippen LogP contribution is -2.47. The van der Waals surface area contributed by atoms with E-state index in [0.717, 1.165) is 31.4 Å².